The van der Waals surface area contributed by atoms with Gasteiger partial charge in [-0.15, -0.1) is 0 Å². The summed E-state index contributed by atoms with van der Waals surface area (Å²) < 4.78 is 5.98. The summed E-state index contributed by atoms with van der Waals surface area (Å²) in [5.74, 6) is -0.653. The molecule has 5 heteroatoms. The van der Waals surface area contributed by atoms with Crippen LogP contribution in [-0.2, 0) is 4.79 Å². The van der Waals surface area contributed by atoms with Gasteiger partial charge in [0.05, 0.1) is 0 Å². The van der Waals surface area contributed by atoms with Gasteiger partial charge >= 0.3 is 5.97 Å². The summed E-state index contributed by atoms with van der Waals surface area (Å²) in [6.07, 6.45) is 1.14. The number of hydrogen-bond acceptors (Lipinski definition) is 3. The number of nitrogens with zero attached hydrogens (tertiary/aromatic N) is 1. The number of aliphatic carboxylic acids is 1. The molecule has 0 saturated carbocycles. The molecule has 76 valence electrons. The fourth-order valence-electron chi connectivity index (χ4n) is 0.886. The maximum atomic E-state index is 10.6. The van der Waals surface area contributed by atoms with Gasteiger partial charge in [-0.25, -0.2) is 9.78 Å². The second-order valence-electron chi connectivity index (χ2n) is 2.67. The first kappa shape index (κ1) is 11.0. The van der Waals surface area contributed by atoms with E-state index in [2.05, 4.69) is 20.9 Å². The lowest BCUT2D eigenvalue weighted by molar-refractivity contribution is -0.145. The second-order valence-corrected chi connectivity index (χ2v) is 3.58. The SMILES string of the molecule is CCC(Oc1ccc(Br)cn1)C(=O)O. The summed E-state index contributed by atoms with van der Waals surface area (Å²) in [6, 6.07) is 3.37. The summed E-state index contributed by atoms with van der Waals surface area (Å²) in [6.45, 7) is 1.75. The van der Waals surface area contributed by atoms with Crippen LogP contribution in [0, 0.1) is 0 Å². The summed E-state index contributed by atoms with van der Waals surface area (Å²) in [4.78, 5) is 14.6. The number of aromatic nitrogens is 1. The Morgan fingerprint density at radius 2 is 2.43 bits per heavy atom. The van der Waals surface area contributed by atoms with Crippen LogP contribution in [0.25, 0.3) is 0 Å². The fourth-order valence-corrected chi connectivity index (χ4v) is 1.12. The molecular formula is C9H10BrNO3. The van der Waals surface area contributed by atoms with E-state index in [-0.39, 0.29) is 0 Å². The molecule has 0 aromatic carbocycles. The Balaban J connectivity index is 2.67. The normalized spacial score (nSPS) is 12.1. The third kappa shape index (κ3) is 2.99. The third-order valence-electron chi connectivity index (χ3n) is 1.61. The minimum atomic E-state index is -0.975. The average molecular weight is 260 g/mol. The van der Waals surface area contributed by atoms with Gasteiger partial charge in [0.1, 0.15) is 0 Å². The molecule has 0 aliphatic rings. The van der Waals surface area contributed by atoms with Crippen molar-refractivity contribution in [2.45, 2.75) is 19.4 Å². The molecule has 14 heavy (non-hydrogen) atoms. The Hall–Kier alpha value is -1.10. The Morgan fingerprint density at radius 1 is 1.71 bits per heavy atom. The van der Waals surface area contributed by atoms with Gasteiger partial charge in [0.25, 0.3) is 0 Å². The molecule has 0 spiro atoms. The molecule has 1 unspecified atom stereocenters. The predicted octanol–water partition coefficient (Wildman–Crippen LogP) is 2.09. The van der Waals surface area contributed by atoms with Crippen molar-refractivity contribution in [2.75, 3.05) is 0 Å². The van der Waals surface area contributed by atoms with Crippen molar-refractivity contribution in [3.63, 3.8) is 0 Å². The van der Waals surface area contributed by atoms with Crippen LogP contribution >= 0.6 is 15.9 Å². The number of rotatable bonds is 4. The molecule has 0 radical (unpaired) electrons. The lowest BCUT2D eigenvalue weighted by Gasteiger charge is -2.11. The Labute approximate surface area is 90.0 Å². The first-order valence-electron chi connectivity index (χ1n) is 4.14. The molecule has 1 heterocycles. The molecule has 0 saturated heterocycles. The van der Waals surface area contributed by atoms with Gasteiger partial charge in [0.15, 0.2) is 6.10 Å². The number of pyridine rings is 1. The van der Waals surface area contributed by atoms with Crippen LogP contribution < -0.4 is 4.74 Å². The first-order valence-corrected chi connectivity index (χ1v) is 4.93. The zero-order valence-electron chi connectivity index (χ0n) is 7.61. The quantitative estimate of drug-likeness (QED) is 0.900. The number of carboxylic acids is 1. The molecule has 1 N–H and O–H groups in total. The number of ether oxygens (including phenoxy) is 1. The number of hydrogen-bond donors (Lipinski definition) is 1. The largest absolute Gasteiger partial charge is 0.479 e. The minimum absolute atomic E-state index is 0.322. The molecule has 0 fully saturated rings. The smallest absolute Gasteiger partial charge is 0.344 e. The monoisotopic (exact) mass is 259 g/mol. The van der Waals surface area contributed by atoms with E-state index in [1.165, 1.54) is 0 Å². The zero-order chi connectivity index (χ0) is 10.6. The maximum Gasteiger partial charge on any atom is 0.344 e. The fraction of sp³-hybridized carbons (Fsp3) is 0.333. The highest BCUT2D eigenvalue weighted by atomic mass is 79.9. The van der Waals surface area contributed by atoms with Crippen LogP contribution in [0.5, 0.6) is 5.88 Å². The highest BCUT2D eigenvalue weighted by molar-refractivity contribution is 9.10. The molecule has 1 atom stereocenters. The van der Waals surface area contributed by atoms with Gasteiger partial charge in [0.2, 0.25) is 5.88 Å². The van der Waals surface area contributed by atoms with E-state index in [1.54, 1.807) is 25.3 Å². The number of halogens is 1. The van der Waals surface area contributed by atoms with Crippen molar-refractivity contribution in [3.05, 3.63) is 22.8 Å². The van der Waals surface area contributed by atoms with Crippen LogP contribution in [0.15, 0.2) is 22.8 Å². The molecule has 0 aliphatic heterocycles. The van der Waals surface area contributed by atoms with E-state index < -0.39 is 12.1 Å². The van der Waals surface area contributed by atoms with Crippen molar-refractivity contribution < 1.29 is 14.6 Å². The van der Waals surface area contributed by atoms with Crippen LogP contribution in [0.2, 0.25) is 0 Å². The molecular weight excluding hydrogens is 250 g/mol. The summed E-state index contributed by atoms with van der Waals surface area (Å²) >= 11 is 3.22. The zero-order valence-corrected chi connectivity index (χ0v) is 9.19. The number of carboxylic acid groups (broad SMARTS) is 1. The molecule has 0 aliphatic carbocycles. The van der Waals surface area contributed by atoms with Crippen LogP contribution in [-0.4, -0.2) is 22.2 Å². The van der Waals surface area contributed by atoms with Gasteiger partial charge < -0.3 is 9.84 Å². The standard InChI is InChI=1S/C9H10BrNO3/c1-2-7(9(12)13)14-8-4-3-6(10)5-11-8/h3-5,7H,2H2,1H3,(H,12,13). The predicted molar refractivity (Wildman–Crippen MR) is 54.3 cm³/mol. The lowest BCUT2D eigenvalue weighted by atomic mass is 10.3. The summed E-state index contributed by atoms with van der Waals surface area (Å²) in [7, 11) is 0. The van der Waals surface area contributed by atoms with Crippen molar-refractivity contribution in [3.8, 4) is 5.88 Å². The van der Waals surface area contributed by atoms with Crippen molar-refractivity contribution in [1.82, 2.24) is 4.98 Å². The van der Waals surface area contributed by atoms with Crippen molar-refractivity contribution in [2.24, 2.45) is 0 Å². The summed E-state index contributed by atoms with van der Waals surface area (Å²) in [5.41, 5.74) is 0. The molecule has 0 amide bonds. The van der Waals surface area contributed by atoms with Gasteiger partial charge in [-0.3, -0.25) is 0 Å². The molecule has 4 nitrogen and oxygen atoms in total. The topological polar surface area (TPSA) is 59.4 Å². The second kappa shape index (κ2) is 4.95. The van der Waals surface area contributed by atoms with Crippen molar-refractivity contribution in [1.29, 1.82) is 0 Å². The molecule has 1 rings (SSSR count). The van der Waals surface area contributed by atoms with E-state index in [1.807, 2.05) is 0 Å². The number of carbonyl (C=O) groups is 1. The van der Waals surface area contributed by atoms with E-state index in [9.17, 15) is 4.79 Å². The molecule has 0 bridgehead atoms. The Kier molecular flexibility index (Phi) is 3.88. The Morgan fingerprint density at radius 3 is 2.86 bits per heavy atom. The van der Waals surface area contributed by atoms with E-state index in [0.717, 1.165) is 4.47 Å². The highest BCUT2D eigenvalue weighted by Gasteiger charge is 2.16. The maximum absolute atomic E-state index is 10.6. The van der Waals surface area contributed by atoms with Crippen molar-refractivity contribution >= 4 is 21.9 Å². The summed E-state index contributed by atoms with van der Waals surface area (Å²) in [5, 5.41) is 8.73. The average Bonchev–Trinajstić information content (AvgIpc) is 2.16. The highest BCUT2D eigenvalue weighted by Crippen LogP contribution is 2.14. The van der Waals surface area contributed by atoms with Gasteiger partial charge in [-0.2, -0.15) is 0 Å². The van der Waals surface area contributed by atoms with Gasteiger partial charge in [-0.05, 0) is 28.4 Å². The van der Waals surface area contributed by atoms with Crippen LogP contribution in [0.3, 0.4) is 0 Å². The third-order valence-corrected chi connectivity index (χ3v) is 2.08. The van der Waals surface area contributed by atoms with E-state index >= 15 is 0 Å². The minimum Gasteiger partial charge on any atom is -0.479 e. The first-order chi connectivity index (χ1) is 6.63. The van der Waals surface area contributed by atoms with Gasteiger partial charge in [0, 0.05) is 16.7 Å². The molecule has 1 aromatic heterocycles. The Bertz CT molecular complexity index is 312. The van der Waals surface area contributed by atoms with Crippen LogP contribution in [0.1, 0.15) is 13.3 Å². The van der Waals surface area contributed by atoms with Crippen LogP contribution in [0.4, 0.5) is 0 Å². The van der Waals surface area contributed by atoms with Gasteiger partial charge in [-0.1, -0.05) is 6.92 Å². The van der Waals surface area contributed by atoms with E-state index in [0.29, 0.717) is 12.3 Å². The molecule has 1 aromatic rings. The lowest BCUT2D eigenvalue weighted by Crippen LogP contribution is -2.26. The van der Waals surface area contributed by atoms with E-state index in [4.69, 9.17) is 9.84 Å².